The summed E-state index contributed by atoms with van der Waals surface area (Å²) < 4.78 is 0. The molecule has 1 atom stereocenters. The fraction of sp³-hybridized carbons (Fsp3) is 0.333. The molecule has 0 aliphatic heterocycles. The molecule has 0 fully saturated rings. The quantitative estimate of drug-likeness (QED) is 0.634. The van der Waals surface area contributed by atoms with Gasteiger partial charge in [0.1, 0.15) is 6.04 Å². The third-order valence-electron chi connectivity index (χ3n) is 4.14. The lowest BCUT2D eigenvalue weighted by molar-refractivity contribution is -0.119. The van der Waals surface area contributed by atoms with Crippen molar-refractivity contribution >= 4 is 46.2 Å². The van der Waals surface area contributed by atoms with Crippen LogP contribution in [0.2, 0.25) is 5.02 Å². The first-order valence-corrected chi connectivity index (χ1v) is 9.81. The lowest BCUT2D eigenvalue weighted by Gasteiger charge is -2.31. The van der Waals surface area contributed by atoms with E-state index in [9.17, 15) is 4.79 Å². The normalized spacial score (nSPS) is 11.6. The number of anilines is 2. The minimum Gasteiger partial charge on any atom is -0.337 e. The summed E-state index contributed by atoms with van der Waals surface area (Å²) in [4.78, 5) is 14.6. The molecule has 0 saturated carbocycles. The van der Waals surface area contributed by atoms with Gasteiger partial charge >= 0.3 is 0 Å². The first kappa shape index (κ1) is 21.2. The zero-order valence-corrected chi connectivity index (χ0v) is 17.7. The Labute approximate surface area is 171 Å². The Morgan fingerprint density at radius 3 is 2.37 bits per heavy atom. The molecule has 0 spiro atoms. The van der Waals surface area contributed by atoms with Crippen molar-refractivity contribution in [2.75, 3.05) is 17.2 Å². The maximum Gasteiger partial charge on any atom is 0.246 e. The zero-order chi connectivity index (χ0) is 20.0. The van der Waals surface area contributed by atoms with Gasteiger partial charge in [-0.25, -0.2) is 0 Å². The van der Waals surface area contributed by atoms with E-state index in [2.05, 4.69) is 23.6 Å². The van der Waals surface area contributed by atoms with Crippen molar-refractivity contribution in [2.45, 2.75) is 40.2 Å². The molecule has 144 valence electrons. The van der Waals surface area contributed by atoms with E-state index in [1.54, 1.807) is 18.2 Å². The van der Waals surface area contributed by atoms with Gasteiger partial charge in [0.25, 0.3) is 0 Å². The molecule has 2 aromatic carbocycles. The Morgan fingerprint density at radius 1 is 1.11 bits per heavy atom. The highest BCUT2D eigenvalue weighted by molar-refractivity contribution is 7.80. The van der Waals surface area contributed by atoms with E-state index < -0.39 is 6.04 Å². The van der Waals surface area contributed by atoms with Gasteiger partial charge in [0.2, 0.25) is 5.91 Å². The largest absolute Gasteiger partial charge is 0.337 e. The predicted octanol–water partition coefficient (Wildman–Crippen LogP) is 5.39. The van der Waals surface area contributed by atoms with Gasteiger partial charge < -0.3 is 15.5 Å². The van der Waals surface area contributed by atoms with E-state index in [4.69, 9.17) is 23.8 Å². The Balaban J connectivity index is 2.11. The number of rotatable bonds is 6. The minimum atomic E-state index is -0.421. The van der Waals surface area contributed by atoms with Gasteiger partial charge in [0.05, 0.1) is 0 Å². The van der Waals surface area contributed by atoms with Gasteiger partial charge in [-0.3, -0.25) is 4.79 Å². The highest BCUT2D eigenvalue weighted by Gasteiger charge is 2.23. The number of carbonyl (C=O) groups is 1. The summed E-state index contributed by atoms with van der Waals surface area (Å²) in [6.07, 6.45) is 0.878. The van der Waals surface area contributed by atoms with E-state index in [1.165, 1.54) is 0 Å². The van der Waals surface area contributed by atoms with E-state index >= 15 is 0 Å². The van der Waals surface area contributed by atoms with E-state index in [0.29, 0.717) is 22.4 Å². The molecule has 0 aromatic heterocycles. The molecular weight excluding hydrogens is 378 g/mol. The number of benzene rings is 2. The SMILES string of the molecule is CCCN(C(=S)Nc1cc(C)cc(C)c1)[C@@H](C)C(=O)Nc1cccc(Cl)c1. The van der Waals surface area contributed by atoms with Crippen LogP contribution in [0.25, 0.3) is 0 Å². The monoisotopic (exact) mass is 403 g/mol. The standard InChI is InChI=1S/C21H26ClN3OS/c1-5-9-25(21(27)24-19-11-14(2)10-15(3)12-19)16(4)20(26)23-18-8-6-7-17(22)13-18/h6-8,10-13,16H,5,9H2,1-4H3,(H,23,26)(H,24,27)/t16-/m0/s1. The molecule has 27 heavy (non-hydrogen) atoms. The van der Waals surface area contributed by atoms with E-state index in [0.717, 1.165) is 23.2 Å². The highest BCUT2D eigenvalue weighted by atomic mass is 35.5. The van der Waals surface area contributed by atoms with Crippen molar-refractivity contribution in [3.8, 4) is 0 Å². The highest BCUT2D eigenvalue weighted by Crippen LogP contribution is 2.18. The third kappa shape index (κ3) is 6.22. The summed E-state index contributed by atoms with van der Waals surface area (Å²) >= 11 is 11.6. The van der Waals surface area contributed by atoms with Crippen LogP contribution in [0.4, 0.5) is 11.4 Å². The Morgan fingerprint density at radius 2 is 1.78 bits per heavy atom. The number of carbonyl (C=O) groups excluding carboxylic acids is 1. The molecule has 6 heteroatoms. The van der Waals surface area contributed by atoms with Crippen LogP contribution in [-0.4, -0.2) is 28.5 Å². The van der Waals surface area contributed by atoms with Crippen molar-refractivity contribution in [3.63, 3.8) is 0 Å². The molecule has 0 bridgehead atoms. The average Bonchev–Trinajstić information content (AvgIpc) is 2.58. The Bertz CT molecular complexity index is 805. The first-order chi connectivity index (χ1) is 12.8. The molecule has 0 unspecified atom stereocenters. The molecule has 0 aliphatic carbocycles. The molecule has 2 N–H and O–H groups in total. The minimum absolute atomic E-state index is 0.129. The summed E-state index contributed by atoms with van der Waals surface area (Å²) in [7, 11) is 0. The fourth-order valence-corrected chi connectivity index (χ4v) is 3.47. The maximum atomic E-state index is 12.7. The number of aryl methyl sites for hydroxylation is 2. The van der Waals surface area contributed by atoms with Crippen molar-refractivity contribution in [3.05, 3.63) is 58.6 Å². The van der Waals surface area contributed by atoms with Crippen LogP contribution in [0, 0.1) is 13.8 Å². The number of thiocarbonyl (C=S) groups is 1. The van der Waals surface area contributed by atoms with Crippen molar-refractivity contribution in [2.24, 2.45) is 0 Å². The zero-order valence-electron chi connectivity index (χ0n) is 16.2. The van der Waals surface area contributed by atoms with Crippen LogP contribution in [0.15, 0.2) is 42.5 Å². The van der Waals surface area contributed by atoms with Crippen LogP contribution in [0.3, 0.4) is 0 Å². The van der Waals surface area contributed by atoms with Gasteiger partial charge in [0, 0.05) is 22.9 Å². The maximum absolute atomic E-state index is 12.7. The lowest BCUT2D eigenvalue weighted by atomic mass is 10.1. The van der Waals surface area contributed by atoms with Gasteiger partial charge in [-0.2, -0.15) is 0 Å². The van der Waals surface area contributed by atoms with Crippen LogP contribution in [0.5, 0.6) is 0 Å². The second-order valence-corrected chi connectivity index (χ2v) is 7.50. The summed E-state index contributed by atoms with van der Waals surface area (Å²) in [5.41, 5.74) is 3.92. The number of hydrogen-bond acceptors (Lipinski definition) is 2. The van der Waals surface area contributed by atoms with Crippen molar-refractivity contribution < 1.29 is 4.79 Å². The topological polar surface area (TPSA) is 44.4 Å². The predicted molar refractivity (Wildman–Crippen MR) is 119 cm³/mol. The summed E-state index contributed by atoms with van der Waals surface area (Å²) in [6.45, 7) is 8.69. The van der Waals surface area contributed by atoms with Crippen LogP contribution < -0.4 is 10.6 Å². The van der Waals surface area contributed by atoms with Crippen molar-refractivity contribution in [1.82, 2.24) is 4.90 Å². The number of hydrogen-bond donors (Lipinski definition) is 2. The summed E-state index contributed by atoms with van der Waals surface area (Å²) in [5, 5.41) is 7.30. The van der Waals surface area contributed by atoms with Crippen LogP contribution in [-0.2, 0) is 4.79 Å². The molecule has 4 nitrogen and oxygen atoms in total. The fourth-order valence-electron chi connectivity index (χ4n) is 2.91. The smallest absolute Gasteiger partial charge is 0.246 e. The molecule has 0 saturated heterocycles. The van der Waals surface area contributed by atoms with Gasteiger partial charge in [-0.1, -0.05) is 30.7 Å². The molecule has 1 amide bonds. The first-order valence-electron chi connectivity index (χ1n) is 9.02. The number of amides is 1. The number of halogens is 1. The second kappa shape index (κ2) is 9.72. The third-order valence-corrected chi connectivity index (χ3v) is 4.71. The number of nitrogens with zero attached hydrogens (tertiary/aromatic N) is 1. The van der Waals surface area contributed by atoms with Crippen LogP contribution in [0.1, 0.15) is 31.4 Å². The molecule has 2 aromatic rings. The summed E-state index contributed by atoms with van der Waals surface area (Å²) in [5.74, 6) is -0.129. The number of nitrogens with one attached hydrogen (secondary N) is 2. The second-order valence-electron chi connectivity index (χ2n) is 6.68. The molecule has 0 aliphatic rings. The van der Waals surface area contributed by atoms with Crippen molar-refractivity contribution in [1.29, 1.82) is 0 Å². The lowest BCUT2D eigenvalue weighted by Crippen LogP contribution is -2.47. The molecule has 2 rings (SSSR count). The van der Waals surface area contributed by atoms with Gasteiger partial charge in [0.15, 0.2) is 5.11 Å². The van der Waals surface area contributed by atoms with E-state index in [1.807, 2.05) is 43.9 Å². The Hall–Kier alpha value is -2.11. The van der Waals surface area contributed by atoms with E-state index in [-0.39, 0.29) is 5.91 Å². The van der Waals surface area contributed by atoms with Gasteiger partial charge in [-0.05, 0) is 80.9 Å². The summed E-state index contributed by atoms with van der Waals surface area (Å²) in [6, 6.07) is 12.9. The average molecular weight is 404 g/mol. The molecule has 0 heterocycles. The Kier molecular flexibility index (Phi) is 7.63. The molecule has 0 radical (unpaired) electrons. The molecular formula is C21H26ClN3OS. The van der Waals surface area contributed by atoms with Crippen LogP contribution >= 0.6 is 23.8 Å². The van der Waals surface area contributed by atoms with Gasteiger partial charge in [-0.15, -0.1) is 0 Å².